The Kier molecular flexibility index (Phi) is 5.18. The van der Waals surface area contributed by atoms with Gasteiger partial charge in [0.05, 0.1) is 0 Å². The Hall–Kier alpha value is 0.310. The van der Waals surface area contributed by atoms with E-state index in [1.807, 2.05) is 30.3 Å². The predicted octanol–water partition coefficient (Wildman–Crippen LogP) is 1.97. The third kappa shape index (κ3) is 2.93. The molecule has 0 saturated heterocycles. The summed E-state index contributed by atoms with van der Waals surface area (Å²) >= 11 is 4.14. The van der Waals surface area contributed by atoms with Crippen LogP contribution in [0.25, 0.3) is 6.08 Å². The second-order valence-electron chi connectivity index (χ2n) is 1.80. The van der Waals surface area contributed by atoms with Gasteiger partial charge in [0, 0.05) is 4.90 Å². The van der Waals surface area contributed by atoms with Gasteiger partial charge in [-0.25, -0.2) is 0 Å². The molecule has 48 valence electrons. The summed E-state index contributed by atoms with van der Waals surface area (Å²) in [6.07, 6.45) is 1.81. The van der Waals surface area contributed by atoms with Crippen LogP contribution >= 0.6 is 12.6 Å². The second kappa shape index (κ2) is 5.03. The molecule has 1 aromatic carbocycles. The number of rotatable bonds is 1. The van der Waals surface area contributed by atoms with E-state index in [2.05, 4.69) is 19.2 Å². The molecule has 0 bridgehead atoms. The Bertz CT molecular complexity index is 203. The standard InChI is InChI=1S/C8H8S.Na.H/c1-2-7-3-5-8(9)6-4-7;;/h2-6,9H,1H2;;. The molecular formula is C8H9NaS. The van der Waals surface area contributed by atoms with E-state index in [1.165, 1.54) is 0 Å². The SMILES string of the molecule is C=Cc1ccc(S)cc1.[NaH]. The van der Waals surface area contributed by atoms with Gasteiger partial charge >= 0.3 is 29.6 Å². The van der Waals surface area contributed by atoms with Crippen molar-refractivity contribution in [2.45, 2.75) is 4.90 Å². The van der Waals surface area contributed by atoms with E-state index in [-0.39, 0.29) is 29.6 Å². The van der Waals surface area contributed by atoms with E-state index in [4.69, 9.17) is 0 Å². The number of benzene rings is 1. The van der Waals surface area contributed by atoms with Crippen molar-refractivity contribution in [2.24, 2.45) is 0 Å². The third-order valence-electron chi connectivity index (χ3n) is 1.13. The summed E-state index contributed by atoms with van der Waals surface area (Å²) in [6, 6.07) is 7.85. The van der Waals surface area contributed by atoms with Crippen molar-refractivity contribution in [3.05, 3.63) is 36.4 Å². The fourth-order valence-corrected chi connectivity index (χ4v) is 0.759. The molecule has 2 heteroatoms. The first-order chi connectivity index (χ1) is 4.33. The average Bonchev–Trinajstić information content (AvgIpc) is 1.90. The van der Waals surface area contributed by atoms with E-state index in [1.54, 1.807) is 0 Å². The number of thiol groups is 1. The third-order valence-corrected chi connectivity index (χ3v) is 1.43. The van der Waals surface area contributed by atoms with Crippen LogP contribution in [0.4, 0.5) is 0 Å². The van der Waals surface area contributed by atoms with Crippen molar-refractivity contribution >= 4 is 48.3 Å². The number of hydrogen-bond acceptors (Lipinski definition) is 1. The van der Waals surface area contributed by atoms with Crippen LogP contribution in [0, 0.1) is 0 Å². The van der Waals surface area contributed by atoms with Crippen LogP contribution in [0.5, 0.6) is 0 Å². The summed E-state index contributed by atoms with van der Waals surface area (Å²) in [7, 11) is 0. The van der Waals surface area contributed by atoms with Crippen LogP contribution in [0.15, 0.2) is 35.7 Å². The normalized spacial score (nSPS) is 8.10. The summed E-state index contributed by atoms with van der Waals surface area (Å²) in [5, 5.41) is 0. The fraction of sp³-hybridized carbons (Fsp3) is 0. The molecule has 1 aromatic rings. The molecule has 0 radical (unpaired) electrons. The summed E-state index contributed by atoms with van der Waals surface area (Å²) < 4.78 is 0. The molecule has 0 spiro atoms. The Labute approximate surface area is 89.0 Å². The van der Waals surface area contributed by atoms with Gasteiger partial charge in [-0.2, -0.15) is 0 Å². The van der Waals surface area contributed by atoms with Crippen LogP contribution in [0.1, 0.15) is 5.56 Å². The summed E-state index contributed by atoms with van der Waals surface area (Å²) in [5.74, 6) is 0. The van der Waals surface area contributed by atoms with Gasteiger partial charge in [0.1, 0.15) is 0 Å². The van der Waals surface area contributed by atoms with Crippen molar-refractivity contribution < 1.29 is 0 Å². The van der Waals surface area contributed by atoms with Crippen molar-refractivity contribution in [1.29, 1.82) is 0 Å². The quantitative estimate of drug-likeness (QED) is 0.471. The molecule has 0 nitrogen and oxygen atoms in total. The van der Waals surface area contributed by atoms with E-state index in [0.29, 0.717) is 0 Å². The molecule has 0 aliphatic rings. The Morgan fingerprint density at radius 3 is 2.10 bits per heavy atom. The zero-order valence-electron chi connectivity index (χ0n) is 5.04. The van der Waals surface area contributed by atoms with Crippen LogP contribution in [0.3, 0.4) is 0 Å². The van der Waals surface area contributed by atoms with Gasteiger partial charge in [-0.15, -0.1) is 12.6 Å². The Morgan fingerprint density at radius 1 is 1.20 bits per heavy atom. The van der Waals surface area contributed by atoms with Crippen molar-refractivity contribution in [3.8, 4) is 0 Å². The average molecular weight is 160 g/mol. The maximum atomic E-state index is 4.14. The van der Waals surface area contributed by atoms with Crippen LogP contribution in [-0.2, 0) is 0 Å². The Morgan fingerprint density at radius 2 is 1.70 bits per heavy atom. The molecule has 10 heavy (non-hydrogen) atoms. The van der Waals surface area contributed by atoms with Crippen LogP contribution in [-0.4, -0.2) is 29.6 Å². The molecular weight excluding hydrogens is 151 g/mol. The molecule has 0 N–H and O–H groups in total. The number of hydrogen-bond donors (Lipinski definition) is 1. The van der Waals surface area contributed by atoms with Crippen molar-refractivity contribution in [1.82, 2.24) is 0 Å². The first-order valence-electron chi connectivity index (χ1n) is 2.74. The van der Waals surface area contributed by atoms with Gasteiger partial charge in [0.25, 0.3) is 0 Å². The topological polar surface area (TPSA) is 0 Å². The van der Waals surface area contributed by atoms with Gasteiger partial charge in [-0.05, 0) is 17.7 Å². The van der Waals surface area contributed by atoms with E-state index in [0.717, 1.165) is 10.5 Å². The zero-order valence-corrected chi connectivity index (χ0v) is 5.94. The molecule has 0 heterocycles. The van der Waals surface area contributed by atoms with Gasteiger partial charge in [-0.3, -0.25) is 0 Å². The summed E-state index contributed by atoms with van der Waals surface area (Å²) in [6.45, 7) is 3.64. The van der Waals surface area contributed by atoms with Gasteiger partial charge in [0.15, 0.2) is 0 Å². The van der Waals surface area contributed by atoms with E-state index >= 15 is 0 Å². The molecule has 0 aromatic heterocycles. The Balaban J connectivity index is 0.000000810. The molecule has 0 aliphatic carbocycles. The minimum atomic E-state index is 0. The molecule has 0 unspecified atom stereocenters. The minimum absolute atomic E-state index is 0. The molecule has 0 saturated carbocycles. The fourth-order valence-electron chi connectivity index (χ4n) is 0.610. The first-order valence-corrected chi connectivity index (χ1v) is 3.19. The molecule has 0 atom stereocenters. The molecule has 1 rings (SSSR count). The first kappa shape index (κ1) is 10.3. The zero-order chi connectivity index (χ0) is 6.69. The predicted molar refractivity (Wildman–Crippen MR) is 50.9 cm³/mol. The molecule has 0 amide bonds. The van der Waals surface area contributed by atoms with Crippen molar-refractivity contribution in [3.63, 3.8) is 0 Å². The molecule has 0 fully saturated rings. The van der Waals surface area contributed by atoms with Crippen LogP contribution in [0.2, 0.25) is 0 Å². The summed E-state index contributed by atoms with van der Waals surface area (Å²) in [4.78, 5) is 0.987. The second-order valence-corrected chi connectivity index (χ2v) is 2.31. The maximum absolute atomic E-state index is 4.14. The van der Waals surface area contributed by atoms with E-state index in [9.17, 15) is 0 Å². The van der Waals surface area contributed by atoms with Gasteiger partial charge in [0.2, 0.25) is 0 Å². The van der Waals surface area contributed by atoms with Gasteiger partial charge in [-0.1, -0.05) is 24.8 Å². The van der Waals surface area contributed by atoms with Crippen LogP contribution < -0.4 is 0 Å². The van der Waals surface area contributed by atoms with Gasteiger partial charge < -0.3 is 0 Å². The summed E-state index contributed by atoms with van der Waals surface area (Å²) in [5.41, 5.74) is 1.13. The monoisotopic (exact) mass is 160 g/mol. The van der Waals surface area contributed by atoms with E-state index < -0.39 is 0 Å². The van der Waals surface area contributed by atoms with Crippen molar-refractivity contribution in [2.75, 3.05) is 0 Å². The molecule has 0 aliphatic heterocycles.